The summed E-state index contributed by atoms with van der Waals surface area (Å²) in [5.74, 6) is -1.33. The number of hydrogen-bond donors (Lipinski definition) is 1. The highest BCUT2D eigenvalue weighted by molar-refractivity contribution is 5.94. The van der Waals surface area contributed by atoms with Crippen LogP contribution < -0.4 is 5.32 Å². The van der Waals surface area contributed by atoms with E-state index in [0.717, 1.165) is 38.9 Å². The fraction of sp³-hybridized carbons (Fsp3) is 0.600. The molecule has 3 heterocycles. The third-order valence-corrected chi connectivity index (χ3v) is 4.35. The van der Waals surface area contributed by atoms with Gasteiger partial charge in [-0.1, -0.05) is 0 Å². The van der Waals surface area contributed by atoms with Crippen LogP contribution in [0, 0.1) is 16.0 Å². The molecule has 10 heteroatoms. The number of carbonyl (C=O) groups excluding carboxylic acids is 2. The SMILES string of the molecule is O=C(NCCN1CCOCC1)C1CN(C(=O)c2ccc([N+](=O)[O-])o2)C1. The maximum absolute atomic E-state index is 12.1. The van der Waals surface area contributed by atoms with Gasteiger partial charge in [-0.05, 0) is 6.07 Å². The van der Waals surface area contributed by atoms with Gasteiger partial charge in [0.1, 0.15) is 4.92 Å². The molecule has 25 heavy (non-hydrogen) atoms. The van der Waals surface area contributed by atoms with E-state index in [2.05, 4.69) is 10.2 Å². The molecule has 2 saturated heterocycles. The lowest BCUT2D eigenvalue weighted by Gasteiger charge is -2.37. The number of nitro groups is 1. The van der Waals surface area contributed by atoms with Crippen molar-refractivity contribution in [2.45, 2.75) is 0 Å². The molecule has 2 aliphatic rings. The first-order valence-corrected chi connectivity index (χ1v) is 8.16. The van der Waals surface area contributed by atoms with Crippen LogP contribution in [0.25, 0.3) is 0 Å². The molecule has 10 nitrogen and oxygen atoms in total. The maximum atomic E-state index is 12.1. The minimum atomic E-state index is -0.697. The third-order valence-electron chi connectivity index (χ3n) is 4.35. The highest BCUT2D eigenvalue weighted by atomic mass is 16.6. The zero-order valence-corrected chi connectivity index (χ0v) is 13.7. The van der Waals surface area contributed by atoms with Crippen LogP contribution in [0.5, 0.6) is 0 Å². The van der Waals surface area contributed by atoms with Crippen molar-refractivity contribution in [1.29, 1.82) is 0 Å². The van der Waals surface area contributed by atoms with Gasteiger partial charge in [-0.15, -0.1) is 0 Å². The Labute approximate surface area is 143 Å². The predicted octanol–water partition coefficient (Wildman–Crippen LogP) is -0.292. The Kier molecular flexibility index (Phi) is 5.29. The number of hydrogen-bond acceptors (Lipinski definition) is 7. The zero-order chi connectivity index (χ0) is 17.8. The van der Waals surface area contributed by atoms with Gasteiger partial charge >= 0.3 is 5.88 Å². The van der Waals surface area contributed by atoms with Crippen LogP contribution in [0.3, 0.4) is 0 Å². The van der Waals surface area contributed by atoms with E-state index in [-0.39, 0.29) is 30.7 Å². The summed E-state index contributed by atoms with van der Waals surface area (Å²) in [5, 5.41) is 13.4. The Morgan fingerprint density at radius 3 is 2.64 bits per heavy atom. The highest BCUT2D eigenvalue weighted by Crippen LogP contribution is 2.22. The Hall–Kier alpha value is -2.46. The summed E-state index contributed by atoms with van der Waals surface area (Å²) < 4.78 is 10.2. The first-order valence-electron chi connectivity index (χ1n) is 8.16. The number of carbonyl (C=O) groups is 2. The molecule has 136 valence electrons. The molecule has 2 fully saturated rings. The lowest BCUT2D eigenvalue weighted by Crippen LogP contribution is -2.56. The molecule has 1 aromatic rings. The van der Waals surface area contributed by atoms with Gasteiger partial charge in [0.15, 0.2) is 5.76 Å². The lowest BCUT2D eigenvalue weighted by molar-refractivity contribution is -0.402. The average Bonchev–Trinajstić information content (AvgIpc) is 3.04. The predicted molar refractivity (Wildman–Crippen MR) is 85.0 cm³/mol. The van der Waals surface area contributed by atoms with Crippen LogP contribution in [-0.4, -0.2) is 79.0 Å². The molecule has 0 bridgehead atoms. The zero-order valence-electron chi connectivity index (χ0n) is 13.7. The monoisotopic (exact) mass is 352 g/mol. The van der Waals surface area contributed by atoms with E-state index < -0.39 is 16.7 Å². The average molecular weight is 352 g/mol. The largest absolute Gasteiger partial charge is 0.433 e. The molecule has 0 unspecified atom stereocenters. The molecule has 1 aromatic heterocycles. The van der Waals surface area contributed by atoms with Gasteiger partial charge in [0, 0.05) is 39.3 Å². The van der Waals surface area contributed by atoms with E-state index in [1.165, 1.54) is 11.0 Å². The summed E-state index contributed by atoms with van der Waals surface area (Å²) in [7, 11) is 0. The number of furan rings is 1. The second-order valence-electron chi connectivity index (χ2n) is 6.05. The smallest absolute Gasteiger partial charge is 0.395 e. The van der Waals surface area contributed by atoms with Crippen molar-refractivity contribution >= 4 is 17.7 Å². The topological polar surface area (TPSA) is 118 Å². The van der Waals surface area contributed by atoms with Crippen LogP contribution in [0.15, 0.2) is 16.5 Å². The molecule has 2 amide bonds. The van der Waals surface area contributed by atoms with Crippen molar-refractivity contribution in [2.24, 2.45) is 5.92 Å². The maximum Gasteiger partial charge on any atom is 0.433 e. The molecule has 0 spiro atoms. The second kappa shape index (κ2) is 7.62. The molecule has 0 saturated carbocycles. The van der Waals surface area contributed by atoms with Crippen LogP contribution >= 0.6 is 0 Å². The molecule has 3 rings (SSSR count). The number of amides is 2. The van der Waals surface area contributed by atoms with E-state index in [0.29, 0.717) is 6.54 Å². The number of morpholine rings is 1. The van der Waals surface area contributed by atoms with Gasteiger partial charge in [0.2, 0.25) is 5.91 Å². The van der Waals surface area contributed by atoms with E-state index in [9.17, 15) is 19.7 Å². The van der Waals surface area contributed by atoms with Gasteiger partial charge in [-0.3, -0.25) is 24.6 Å². The minimum absolute atomic E-state index is 0.0808. The summed E-state index contributed by atoms with van der Waals surface area (Å²) in [5.41, 5.74) is 0. The fourth-order valence-electron chi connectivity index (χ4n) is 2.81. The van der Waals surface area contributed by atoms with Crippen molar-refractivity contribution in [3.63, 3.8) is 0 Å². The Morgan fingerprint density at radius 1 is 1.28 bits per heavy atom. The summed E-state index contributed by atoms with van der Waals surface area (Å²) in [6.07, 6.45) is 0. The highest BCUT2D eigenvalue weighted by Gasteiger charge is 2.37. The second-order valence-corrected chi connectivity index (χ2v) is 6.05. The summed E-state index contributed by atoms with van der Waals surface area (Å²) in [4.78, 5) is 37.7. The van der Waals surface area contributed by atoms with E-state index in [4.69, 9.17) is 9.15 Å². The summed E-state index contributed by atoms with van der Waals surface area (Å²) in [6.45, 7) is 5.10. The van der Waals surface area contributed by atoms with Crippen molar-refractivity contribution in [3.8, 4) is 0 Å². The fourth-order valence-corrected chi connectivity index (χ4v) is 2.81. The van der Waals surface area contributed by atoms with Crippen LogP contribution in [0.1, 0.15) is 10.6 Å². The van der Waals surface area contributed by atoms with Crippen LogP contribution in [-0.2, 0) is 9.53 Å². The van der Waals surface area contributed by atoms with Crippen molar-refractivity contribution in [3.05, 3.63) is 28.0 Å². The molecule has 0 aromatic carbocycles. The van der Waals surface area contributed by atoms with E-state index >= 15 is 0 Å². The van der Waals surface area contributed by atoms with Gasteiger partial charge in [-0.25, -0.2) is 0 Å². The van der Waals surface area contributed by atoms with Gasteiger partial charge < -0.3 is 19.4 Å². The minimum Gasteiger partial charge on any atom is -0.395 e. The summed E-state index contributed by atoms with van der Waals surface area (Å²) >= 11 is 0. The molecule has 2 aliphatic heterocycles. The first-order chi connectivity index (χ1) is 12.0. The number of rotatable bonds is 6. The number of likely N-dealkylation sites (tertiary alicyclic amines) is 1. The molecule has 0 aliphatic carbocycles. The number of nitrogens with zero attached hydrogens (tertiary/aromatic N) is 3. The standard InChI is InChI=1S/C15H20N4O6/c20-14(16-3-4-17-5-7-24-8-6-17)11-9-18(10-11)15(21)12-1-2-13(25-12)19(22)23/h1-2,11H,3-10H2,(H,16,20). The van der Waals surface area contributed by atoms with Crippen molar-refractivity contribution < 1.29 is 23.7 Å². The van der Waals surface area contributed by atoms with E-state index in [1.54, 1.807) is 0 Å². The van der Waals surface area contributed by atoms with Crippen molar-refractivity contribution in [1.82, 2.24) is 15.1 Å². The Bertz CT molecular complexity index is 648. The van der Waals surface area contributed by atoms with Gasteiger partial charge in [0.05, 0.1) is 25.2 Å². The summed E-state index contributed by atoms with van der Waals surface area (Å²) in [6, 6.07) is 2.42. The molecular weight excluding hydrogens is 332 g/mol. The number of ether oxygens (including phenoxy) is 1. The van der Waals surface area contributed by atoms with Crippen LogP contribution in [0.2, 0.25) is 0 Å². The quantitative estimate of drug-likeness (QED) is 0.552. The van der Waals surface area contributed by atoms with Gasteiger partial charge in [0.25, 0.3) is 5.91 Å². The van der Waals surface area contributed by atoms with Crippen LogP contribution in [0.4, 0.5) is 5.88 Å². The Morgan fingerprint density at radius 2 is 2.00 bits per heavy atom. The lowest BCUT2D eigenvalue weighted by atomic mass is 9.99. The molecular formula is C15H20N4O6. The van der Waals surface area contributed by atoms with E-state index in [1.807, 2.05) is 0 Å². The first kappa shape index (κ1) is 17.4. The van der Waals surface area contributed by atoms with Gasteiger partial charge in [-0.2, -0.15) is 0 Å². The normalized spacial score (nSPS) is 18.6. The molecule has 1 N–H and O–H groups in total. The number of nitrogens with one attached hydrogen (secondary N) is 1. The third kappa shape index (κ3) is 4.15. The molecule has 0 atom stereocenters. The Balaban J connectivity index is 1.38. The van der Waals surface area contributed by atoms with Crippen molar-refractivity contribution in [2.75, 3.05) is 52.5 Å². The molecule has 0 radical (unpaired) electrons.